The monoisotopic (exact) mass is 316 g/mol. The van der Waals surface area contributed by atoms with E-state index in [1.807, 2.05) is 13.8 Å². The minimum atomic E-state index is -0.686. The van der Waals surface area contributed by atoms with Crippen molar-refractivity contribution in [3.05, 3.63) is 0 Å². The van der Waals surface area contributed by atoms with Crippen LogP contribution in [0.4, 0.5) is 4.79 Å². The minimum absolute atomic E-state index is 0.0574. The number of rotatable bonds is 7. The summed E-state index contributed by atoms with van der Waals surface area (Å²) in [5.41, 5.74) is -0.584. The van der Waals surface area contributed by atoms with E-state index in [0.717, 1.165) is 0 Å². The lowest BCUT2D eigenvalue weighted by Crippen LogP contribution is -2.46. The molecule has 0 unspecified atom stereocenters. The number of hydrogen-bond donors (Lipinski definition) is 2. The van der Waals surface area contributed by atoms with E-state index in [1.165, 1.54) is 0 Å². The molecule has 2 amide bonds. The smallest absolute Gasteiger partial charge is 0.407 e. The Hall–Kier alpha value is -1.79. The van der Waals surface area contributed by atoms with E-state index in [2.05, 4.69) is 10.6 Å². The fourth-order valence-electron chi connectivity index (χ4n) is 1.57. The number of carbonyl (C=O) groups excluding carboxylic acids is 3. The Morgan fingerprint density at radius 2 is 1.73 bits per heavy atom. The molecule has 7 nitrogen and oxygen atoms in total. The molecule has 0 rings (SSSR count). The van der Waals surface area contributed by atoms with Crippen LogP contribution >= 0.6 is 0 Å². The first-order valence-corrected chi connectivity index (χ1v) is 7.49. The Bertz CT molecular complexity index is 388. The normalized spacial score (nSPS) is 12.5. The van der Waals surface area contributed by atoms with Crippen LogP contribution in [0.2, 0.25) is 0 Å². The van der Waals surface area contributed by atoms with Gasteiger partial charge >= 0.3 is 12.1 Å². The molecule has 0 aliphatic heterocycles. The molecule has 128 valence electrons. The third-order valence-corrected chi connectivity index (χ3v) is 2.54. The number of esters is 1. The van der Waals surface area contributed by atoms with Gasteiger partial charge in [-0.05, 0) is 33.6 Å². The first kappa shape index (κ1) is 20.2. The SMILES string of the molecule is CCOC(=O)[C@H](NC(=O)CCNC(=O)OC(C)(C)C)C(C)C. The lowest BCUT2D eigenvalue weighted by molar-refractivity contribution is -0.148. The summed E-state index contributed by atoms with van der Waals surface area (Å²) in [4.78, 5) is 35.0. The van der Waals surface area contributed by atoms with Crippen molar-refractivity contribution >= 4 is 18.0 Å². The first-order valence-electron chi connectivity index (χ1n) is 7.49. The molecule has 0 bridgehead atoms. The highest BCUT2D eigenvalue weighted by Crippen LogP contribution is 2.06. The van der Waals surface area contributed by atoms with Gasteiger partial charge in [0.1, 0.15) is 11.6 Å². The van der Waals surface area contributed by atoms with Crippen molar-refractivity contribution in [2.45, 2.75) is 59.6 Å². The van der Waals surface area contributed by atoms with Crippen LogP contribution in [0.3, 0.4) is 0 Å². The fourth-order valence-corrected chi connectivity index (χ4v) is 1.57. The number of carbonyl (C=O) groups is 3. The van der Waals surface area contributed by atoms with Gasteiger partial charge in [-0.15, -0.1) is 0 Å². The molecule has 0 spiro atoms. The maximum atomic E-state index is 11.8. The Labute approximate surface area is 132 Å². The van der Waals surface area contributed by atoms with Gasteiger partial charge in [0.25, 0.3) is 0 Å². The number of amides is 2. The van der Waals surface area contributed by atoms with E-state index in [0.29, 0.717) is 0 Å². The van der Waals surface area contributed by atoms with Gasteiger partial charge in [-0.3, -0.25) is 4.79 Å². The maximum absolute atomic E-state index is 11.8. The van der Waals surface area contributed by atoms with Crippen molar-refractivity contribution in [3.63, 3.8) is 0 Å². The van der Waals surface area contributed by atoms with Gasteiger partial charge in [-0.2, -0.15) is 0 Å². The molecule has 0 heterocycles. The van der Waals surface area contributed by atoms with Crippen LogP contribution in [-0.2, 0) is 19.1 Å². The van der Waals surface area contributed by atoms with Crippen molar-refractivity contribution in [3.8, 4) is 0 Å². The lowest BCUT2D eigenvalue weighted by atomic mass is 10.0. The quantitative estimate of drug-likeness (QED) is 0.696. The average molecular weight is 316 g/mol. The highest BCUT2D eigenvalue weighted by atomic mass is 16.6. The second-order valence-electron chi connectivity index (χ2n) is 6.22. The zero-order valence-corrected chi connectivity index (χ0v) is 14.3. The van der Waals surface area contributed by atoms with Crippen LogP contribution in [-0.4, -0.2) is 42.8 Å². The predicted molar refractivity (Wildman–Crippen MR) is 82.3 cm³/mol. The van der Waals surface area contributed by atoms with Crippen molar-refractivity contribution in [1.82, 2.24) is 10.6 Å². The zero-order valence-electron chi connectivity index (χ0n) is 14.3. The second-order valence-corrected chi connectivity index (χ2v) is 6.22. The highest BCUT2D eigenvalue weighted by Gasteiger charge is 2.25. The van der Waals surface area contributed by atoms with Crippen LogP contribution in [0.5, 0.6) is 0 Å². The largest absolute Gasteiger partial charge is 0.464 e. The topological polar surface area (TPSA) is 93.7 Å². The van der Waals surface area contributed by atoms with Gasteiger partial charge in [0.05, 0.1) is 6.61 Å². The number of hydrogen-bond acceptors (Lipinski definition) is 5. The summed E-state index contributed by atoms with van der Waals surface area (Å²) in [6.45, 7) is 11.0. The molecular formula is C15H28N2O5. The summed E-state index contributed by atoms with van der Waals surface area (Å²) >= 11 is 0. The summed E-state index contributed by atoms with van der Waals surface area (Å²) in [7, 11) is 0. The summed E-state index contributed by atoms with van der Waals surface area (Å²) in [6, 6.07) is -0.686. The van der Waals surface area contributed by atoms with Crippen LogP contribution in [0.25, 0.3) is 0 Å². The van der Waals surface area contributed by atoms with Crippen molar-refractivity contribution in [2.24, 2.45) is 5.92 Å². The summed E-state index contributed by atoms with van der Waals surface area (Å²) in [6.07, 6.45) is -0.520. The number of alkyl carbamates (subject to hydrolysis) is 1. The van der Waals surface area contributed by atoms with E-state index in [-0.39, 0.29) is 31.4 Å². The molecule has 0 aromatic heterocycles. The molecular weight excluding hydrogens is 288 g/mol. The van der Waals surface area contributed by atoms with E-state index in [4.69, 9.17) is 9.47 Å². The van der Waals surface area contributed by atoms with E-state index >= 15 is 0 Å². The van der Waals surface area contributed by atoms with Crippen LogP contribution in [0, 0.1) is 5.92 Å². The molecule has 0 aromatic carbocycles. The van der Waals surface area contributed by atoms with Gasteiger partial charge in [-0.25, -0.2) is 9.59 Å². The first-order chi connectivity index (χ1) is 10.1. The molecule has 2 N–H and O–H groups in total. The predicted octanol–water partition coefficient (Wildman–Crippen LogP) is 1.61. The Kier molecular flexibility index (Phi) is 8.52. The van der Waals surface area contributed by atoms with E-state index in [9.17, 15) is 14.4 Å². The molecule has 0 aliphatic carbocycles. The lowest BCUT2D eigenvalue weighted by Gasteiger charge is -2.21. The van der Waals surface area contributed by atoms with E-state index < -0.39 is 23.7 Å². The molecule has 0 radical (unpaired) electrons. The Morgan fingerprint density at radius 3 is 2.18 bits per heavy atom. The van der Waals surface area contributed by atoms with Gasteiger partial charge in [-0.1, -0.05) is 13.8 Å². The van der Waals surface area contributed by atoms with Crippen molar-refractivity contribution in [1.29, 1.82) is 0 Å². The average Bonchev–Trinajstić information content (AvgIpc) is 2.33. The molecule has 7 heteroatoms. The highest BCUT2D eigenvalue weighted by molar-refractivity contribution is 5.85. The van der Waals surface area contributed by atoms with Gasteiger partial charge in [0.2, 0.25) is 5.91 Å². The molecule has 1 atom stereocenters. The summed E-state index contributed by atoms with van der Waals surface area (Å²) < 4.78 is 9.97. The third kappa shape index (κ3) is 9.20. The summed E-state index contributed by atoms with van der Waals surface area (Å²) in [5, 5.41) is 5.11. The summed E-state index contributed by atoms with van der Waals surface area (Å²) in [5.74, 6) is -0.865. The molecule has 0 aliphatic rings. The fraction of sp³-hybridized carbons (Fsp3) is 0.800. The van der Waals surface area contributed by atoms with Crippen LogP contribution in [0.15, 0.2) is 0 Å². The van der Waals surface area contributed by atoms with Crippen LogP contribution < -0.4 is 10.6 Å². The third-order valence-electron chi connectivity index (χ3n) is 2.54. The molecule has 0 fully saturated rings. The van der Waals surface area contributed by atoms with Gasteiger partial charge in [0.15, 0.2) is 0 Å². The van der Waals surface area contributed by atoms with Crippen LogP contribution in [0.1, 0.15) is 48.0 Å². The number of ether oxygens (including phenoxy) is 2. The molecule has 0 saturated heterocycles. The van der Waals surface area contributed by atoms with Gasteiger partial charge < -0.3 is 20.1 Å². The van der Waals surface area contributed by atoms with E-state index in [1.54, 1.807) is 27.7 Å². The zero-order chi connectivity index (χ0) is 17.3. The number of nitrogens with one attached hydrogen (secondary N) is 2. The molecule has 0 aromatic rings. The van der Waals surface area contributed by atoms with Crippen molar-refractivity contribution < 1.29 is 23.9 Å². The second kappa shape index (κ2) is 9.27. The minimum Gasteiger partial charge on any atom is -0.464 e. The Balaban J connectivity index is 4.21. The van der Waals surface area contributed by atoms with Crippen molar-refractivity contribution in [2.75, 3.05) is 13.2 Å². The maximum Gasteiger partial charge on any atom is 0.407 e. The molecule has 0 saturated carbocycles. The Morgan fingerprint density at radius 1 is 1.14 bits per heavy atom. The van der Waals surface area contributed by atoms with Gasteiger partial charge in [0, 0.05) is 13.0 Å². The standard InChI is InChI=1S/C15H28N2O5/c1-7-21-13(19)12(10(2)3)17-11(18)8-9-16-14(20)22-15(4,5)6/h10,12H,7-9H2,1-6H3,(H,16,20)(H,17,18)/t12-/m1/s1. The molecule has 22 heavy (non-hydrogen) atoms.